The number of rotatable bonds is 9. The summed E-state index contributed by atoms with van der Waals surface area (Å²) in [6, 6.07) is 17.9. The highest BCUT2D eigenvalue weighted by atomic mass is 32.1. The zero-order chi connectivity index (χ0) is 17.3. The summed E-state index contributed by atoms with van der Waals surface area (Å²) in [5.74, 6) is 0.963. The molecule has 3 rings (SSSR count). The van der Waals surface area contributed by atoms with Gasteiger partial charge in [-0.15, -0.1) is 11.3 Å². The van der Waals surface area contributed by atoms with Crippen LogP contribution in [0.1, 0.15) is 24.3 Å². The second kappa shape index (κ2) is 9.18. The zero-order valence-corrected chi connectivity index (χ0v) is 14.9. The van der Waals surface area contributed by atoms with E-state index >= 15 is 0 Å². The Morgan fingerprint density at radius 1 is 1.04 bits per heavy atom. The van der Waals surface area contributed by atoms with Crippen LogP contribution in [0.3, 0.4) is 0 Å². The number of aromatic nitrogens is 1. The maximum atomic E-state index is 11.9. The van der Waals surface area contributed by atoms with Crippen LogP contribution >= 0.6 is 11.3 Å². The lowest BCUT2D eigenvalue weighted by Crippen LogP contribution is -2.25. The summed E-state index contributed by atoms with van der Waals surface area (Å²) in [6.07, 6.45) is 3.02. The molecule has 3 aromatic rings. The van der Waals surface area contributed by atoms with Gasteiger partial charge in [0.05, 0.1) is 21.8 Å². The Balaban J connectivity index is 1.28. The van der Waals surface area contributed by atoms with Gasteiger partial charge >= 0.3 is 0 Å². The van der Waals surface area contributed by atoms with Crippen LogP contribution in [0.2, 0.25) is 0 Å². The van der Waals surface area contributed by atoms with Gasteiger partial charge in [-0.1, -0.05) is 30.3 Å². The molecule has 0 aliphatic heterocycles. The molecule has 5 heteroatoms. The molecule has 1 heterocycles. The van der Waals surface area contributed by atoms with E-state index in [1.807, 2.05) is 48.5 Å². The van der Waals surface area contributed by atoms with Crippen LogP contribution < -0.4 is 10.1 Å². The first-order chi connectivity index (χ1) is 12.3. The molecule has 130 valence electrons. The smallest absolute Gasteiger partial charge is 0.220 e. The predicted molar refractivity (Wildman–Crippen MR) is 102 cm³/mol. The van der Waals surface area contributed by atoms with Crippen molar-refractivity contribution in [3.8, 4) is 5.75 Å². The van der Waals surface area contributed by atoms with Crippen LogP contribution in [0, 0.1) is 0 Å². The number of ether oxygens (including phenoxy) is 1. The topological polar surface area (TPSA) is 51.2 Å². The van der Waals surface area contributed by atoms with Crippen molar-refractivity contribution in [2.24, 2.45) is 0 Å². The molecule has 1 aromatic heterocycles. The van der Waals surface area contributed by atoms with Gasteiger partial charge < -0.3 is 10.1 Å². The van der Waals surface area contributed by atoms with Gasteiger partial charge in [0, 0.05) is 13.0 Å². The van der Waals surface area contributed by atoms with E-state index in [2.05, 4.69) is 16.4 Å². The van der Waals surface area contributed by atoms with Gasteiger partial charge in [0.1, 0.15) is 5.75 Å². The molecule has 0 atom stereocenters. The molecule has 0 spiro atoms. The lowest BCUT2D eigenvalue weighted by Gasteiger charge is -2.07. The minimum absolute atomic E-state index is 0.0980. The van der Waals surface area contributed by atoms with Gasteiger partial charge in [-0.25, -0.2) is 4.98 Å². The van der Waals surface area contributed by atoms with Gasteiger partial charge in [-0.05, 0) is 43.5 Å². The molecule has 0 unspecified atom stereocenters. The number of benzene rings is 2. The summed E-state index contributed by atoms with van der Waals surface area (Å²) in [6.45, 7) is 1.25. The Bertz CT molecular complexity index is 769. The second-order valence-electron chi connectivity index (χ2n) is 5.79. The minimum atomic E-state index is 0.0980. The lowest BCUT2D eigenvalue weighted by atomic mass is 10.2. The maximum absolute atomic E-state index is 11.9. The van der Waals surface area contributed by atoms with Gasteiger partial charge in [-0.2, -0.15) is 0 Å². The quantitative estimate of drug-likeness (QED) is 0.586. The number of carbonyl (C=O) groups excluding carboxylic acids is 1. The monoisotopic (exact) mass is 354 g/mol. The third-order valence-corrected chi connectivity index (χ3v) is 4.88. The number of fused-ring (bicyclic) bond motifs is 1. The van der Waals surface area contributed by atoms with Crippen molar-refractivity contribution in [2.75, 3.05) is 13.2 Å². The van der Waals surface area contributed by atoms with Crippen LogP contribution in [0.4, 0.5) is 0 Å². The summed E-state index contributed by atoms with van der Waals surface area (Å²) < 4.78 is 6.81. The predicted octanol–water partition coefficient (Wildman–Crippen LogP) is 4.20. The van der Waals surface area contributed by atoms with E-state index in [9.17, 15) is 4.79 Å². The molecular weight excluding hydrogens is 332 g/mol. The number of nitrogens with one attached hydrogen (secondary N) is 1. The Morgan fingerprint density at radius 3 is 2.68 bits per heavy atom. The normalized spacial score (nSPS) is 10.7. The number of para-hydroxylation sites is 2. The Morgan fingerprint density at radius 2 is 1.84 bits per heavy atom. The Hall–Kier alpha value is -2.40. The molecule has 0 radical (unpaired) electrons. The standard InChI is InChI=1S/C20H22N2O2S/c23-19(21-14-7-15-24-16-8-2-1-3-9-16)12-6-13-20-22-17-10-4-5-11-18(17)25-20/h1-5,8-11H,6-7,12-15H2,(H,21,23). The summed E-state index contributed by atoms with van der Waals surface area (Å²) in [4.78, 5) is 16.5. The molecule has 0 fully saturated rings. The summed E-state index contributed by atoms with van der Waals surface area (Å²) in [5, 5.41) is 4.05. The van der Waals surface area contributed by atoms with Crippen LogP contribution in [-0.4, -0.2) is 24.0 Å². The Kier molecular flexibility index (Phi) is 6.40. The number of hydrogen-bond donors (Lipinski definition) is 1. The lowest BCUT2D eigenvalue weighted by molar-refractivity contribution is -0.121. The molecule has 1 amide bonds. The molecule has 0 aliphatic rings. The largest absolute Gasteiger partial charge is 0.494 e. The first-order valence-corrected chi connectivity index (χ1v) is 9.42. The van der Waals surface area contributed by atoms with Gasteiger partial charge in [0.25, 0.3) is 0 Å². The van der Waals surface area contributed by atoms with Crippen molar-refractivity contribution < 1.29 is 9.53 Å². The van der Waals surface area contributed by atoms with Crippen LogP contribution in [0.5, 0.6) is 5.75 Å². The molecule has 0 bridgehead atoms. The molecule has 25 heavy (non-hydrogen) atoms. The van der Waals surface area contributed by atoms with E-state index in [1.165, 1.54) is 4.70 Å². The van der Waals surface area contributed by atoms with Gasteiger partial charge in [-0.3, -0.25) is 4.79 Å². The number of thiazole rings is 1. The molecule has 0 aliphatic carbocycles. The minimum Gasteiger partial charge on any atom is -0.494 e. The number of hydrogen-bond acceptors (Lipinski definition) is 4. The van der Waals surface area contributed by atoms with E-state index in [1.54, 1.807) is 11.3 Å². The zero-order valence-electron chi connectivity index (χ0n) is 14.1. The van der Waals surface area contributed by atoms with Crippen LogP contribution in [0.15, 0.2) is 54.6 Å². The summed E-state index contributed by atoms with van der Waals surface area (Å²) >= 11 is 1.71. The number of carbonyl (C=O) groups is 1. The fraction of sp³-hybridized carbons (Fsp3) is 0.300. The molecule has 0 saturated carbocycles. The Labute approximate surface area is 151 Å². The highest BCUT2D eigenvalue weighted by molar-refractivity contribution is 7.18. The highest BCUT2D eigenvalue weighted by Crippen LogP contribution is 2.22. The van der Waals surface area contributed by atoms with Crippen LogP contribution in [-0.2, 0) is 11.2 Å². The average Bonchev–Trinajstić information content (AvgIpc) is 3.05. The highest BCUT2D eigenvalue weighted by Gasteiger charge is 2.05. The third kappa shape index (κ3) is 5.57. The van der Waals surface area contributed by atoms with Crippen molar-refractivity contribution in [2.45, 2.75) is 25.7 Å². The van der Waals surface area contributed by atoms with Gasteiger partial charge in [0.2, 0.25) is 5.91 Å². The van der Waals surface area contributed by atoms with Crippen molar-refractivity contribution >= 4 is 27.5 Å². The van der Waals surface area contributed by atoms with Gasteiger partial charge in [0.15, 0.2) is 0 Å². The number of aryl methyl sites for hydroxylation is 1. The van der Waals surface area contributed by atoms with Crippen molar-refractivity contribution in [3.05, 3.63) is 59.6 Å². The maximum Gasteiger partial charge on any atom is 0.220 e. The first-order valence-electron chi connectivity index (χ1n) is 8.60. The van der Waals surface area contributed by atoms with Crippen molar-refractivity contribution in [1.82, 2.24) is 10.3 Å². The SMILES string of the molecule is O=C(CCCc1nc2ccccc2s1)NCCCOc1ccccc1. The van der Waals surface area contributed by atoms with E-state index < -0.39 is 0 Å². The van der Waals surface area contributed by atoms with E-state index in [-0.39, 0.29) is 5.91 Å². The summed E-state index contributed by atoms with van der Waals surface area (Å²) in [7, 11) is 0. The van der Waals surface area contributed by atoms with Crippen molar-refractivity contribution in [1.29, 1.82) is 0 Å². The average molecular weight is 354 g/mol. The molecule has 1 N–H and O–H groups in total. The fourth-order valence-electron chi connectivity index (χ4n) is 2.52. The van der Waals surface area contributed by atoms with Crippen LogP contribution in [0.25, 0.3) is 10.2 Å². The third-order valence-electron chi connectivity index (χ3n) is 3.79. The summed E-state index contributed by atoms with van der Waals surface area (Å²) in [5.41, 5.74) is 1.05. The van der Waals surface area contributed by atoms with E-state index in [0.29, 0.717) is 19.6 Å². The second-order valence-corrected chi connectivity index (χ2v) is 6.91. The molecule has 0 saturated heterocycles. The molecular formula is C20H22N2O2S. The van der Waals surface area contributed by atoms with Crippen molar-refractivity contribution in [3.63, 3.8) is 0 Å². The van der Waals surface area contributed by atoms with E-state index in [0.717, 1.165) is 35.5 Å². The number of nitrogens with zero attached hydrogens (tertiary/aromatic N) is 1. The fourth-order valence-corrected chi connectivity index (χ4v) is 3.53. The van der Waals surface area contributed by atoms with E-state index in [4.69, 9.17) is 4.74 Å². The molecule has 4 nitrogen and oxygen atoms in total. The molecule has 2 aromatic carbocycles. The number of amides is 1. The first kappa shape index (κ1) is 17.4.